The van der Waals surface area contributed by atoms with Crippen molar-refractivity contribution in [2.45, 2.75) is 39.7 Å². The number of nitrogens with zero attached hydrogens (tertiary/aromatic N) is 1. The molecule has 1 heterocycles. The van der Waals surface area contributed by atoms with Gasteiger partial charge in [0.15, 0.2) is 0 Å². The molecule has 1 rings (SSSR count). The second-order valence-corrected chi connectivity index (χ2v) is 4.33. The largest absolute Gasteiger partial charge is 0.356 e. The molecule has 0 aromatic carbocycles. The summed E-state index contributed by atoms with van der Waals surface area (Å²) in [5.74, 6) is -0.0264. The van der Waals surface area contributed by atoms with Gasteiger partial charge in [-0.25, -0.2) is 0 Å². The average Bonchev–Trinajstić information content (AvgIpc) is 2.56. The van der Waals surface area contributed by atoms with E-state index in [-0.39, 0.29) is 23.8 Å². The highest BCUT2D eigenvalue weighted by Gasteiger charge is 2.35. The molecule has 0 aliphatic carbocycles. The van der Waals surface area contributed by atoms with Gasteiger partial charge in [0.25, 0.3) is 0 Å². The standard InChI is InChI=1S/C11H20N2O2/c1-4-5-12-11(15)9-6-10(14)13(7-9)8(2)3/h8-9H,4-7H2,1-3H3,(H,12,15). The van der Waals surface area contributed by atoms with Gasteiger partial charge < -0.3 is 10.2 Å². The Kier molecular flexibility index (Phi) is 4.12. The van der Waals surface area contributed by atoms with Crippen LogP contribution >= 0.6 is 0 Å². The molecule has 1 unspecified atom stereocenters. The molecule has 0 spiro atoms. The molecule has 4 heteroatoms. The van der Waals surface area contributed by atoms with Gasteiger partial charge in [0, 0.05) is 25.6 Å². The summed E-state index contributed by atoms with van der Waals surface area (Å²) in [5.41, 5.74) is 0. The third-order valence-corrected chi connectivity index (χ3v) is 2.70. The summed E-state index contributed by atoms with van der Waals surface area (Å²) in [7, 11) is 0. The smallest absolute Gasteiger partial charge is 0.225 e. The van der Waals surface area contributed by atoms with Crippen LogP contribution in [-0.4, -0.2) is 35.8 Å². The second-order valence-electron chi connectivity index (χ2n) is 4.33. The normalized spacial score (nSPS) is 21.2. The minimum Gasteiger partial charge on any atom is -0.356 e. The molecule has 0 aromatic heterocycles. The van der Waals surface area contributed by atoms with Crippen LogP contribution in [0.15, 0.2) is 0 Å². The Morgan fingerprint density at radius 2 is 2.27 bits per heavy atom. The van der Waals surface area contributed by atoms with E-state index in [1.807, 2.05) is 20.8 Å². The first-order valence-electron chi connectivity index (χ1n) is 5.63. The van der Waals surface area contributed by atoms with Crippen molar-refractivity contribution in [1.82, 2.24) is 10.2 Å². The van der Waals surface area contributed by atoms with Crippen LogP contribution in [0.25, 0.3) is 0 Å². The Hall–Kier alpha value is -1.06. The van der Waals surface area contributed by atoms with Crippen LogP contribution in [0, 0.1) is 5.92 Å². The summed E-state index contributed by atoms with van der Waals surface area (Å²) >= 11 is 0. The van der Waals surface area contributed by atoms with E-state index < -0.39 is 0 Å². The molecule has 1 N–H and O–H groups in total. The zero-order valence-electron chi connectivity index (χ0n) is 9.75. The number of hydrogen-bond donors (Lipinski definition) is 1. The van der Waals surface area contributed by atoms with E-state index >= 15 is 0 Å². The van der Waals surface area contributed by atoms with Crippen molar-refractivity contribution in [3.05, 3.63) is 0 Å². The summed E-state index contributed by atoms with van der Waals surface area (Å²) in [6.45, 7) is 7.24. The van der Waals surface area contributed by atoms with Gasteiger partial charge in [-0.1, -0.05) is 6.92 Å². The molecule has 4 nitrogen and oxygen atoms in total. The van der Waals surface area contributed by atoms with Crippen molar-refractivity contribution in [2.24, 2.45) is 5.92 Å². The molecule has 0 bridgehead atoms. The molecule has 1 saturated heterocycles. The lowest BCUT2D eigenvalue weighted by atomic mass is 10.1. The van der Waals surface area contributed by atoms with Crippen molar-refractivity contribution >= 4 is 11.8 Å². The van der Waals surface area contributed by atoms with Gasteiger partial charge in [0.1, 0.15) is 0 Å². The van der Waals surface area contributed by atoms with Gasteiger partial charge >= 0.3 is 0 Å². The Balaban J connectivity index is 2.47. The Morgan fingerprint density at radius 3 is 2.73 bits per heavy atom. The molecule has 1 atom stereocenters. The lowest BCUT2D eigenvalue weighted by Crippen LogP contribution is -2.35. The summed E-state index contributed by atoms with van der Waals surface area (Å²) in [6.07, 6.45) is 1.30. The SMILES string of the molecule is CCCNC(=O)C1CC(=O)N(C(C)C)C1. The molecule has 15 heavy (non-hydrogen) atoms. The second kappa shape index (κ2) is 5.14. The number of amides is 2. The predicted octanol–water partition coefficient (Wildman–Crippen LogP) is 0.769. The van der Waals surface area contributed by atoms with Crippen LogP contribution < -0.4 is 5.32 Å². The van der Waals surface area contributed by atoms with E-state index in [4.69, 9.17) is 0 Å². The van der Waals surface area contributed by atoms with E-state index in [9.17, 15) is 9.59 Å². The van der Waals surface area contributed by atoms with Crippen molar-refractivity contribution in [2.75, 3.05) is 13.1 Å². The molecule has 1 fully saturated rings. The molecular weight excluding hydrogens is 192 g/mol. The highest BCUT2D eigenvalue weighted by atomic mass is 16.2. The number of carbonyl (C=O) groups excluding carboxylic acids is 2. The molecule has 86 valence electrons. The Morgan fingerprint density at radius 1 is 1.60 bits per heavy atom. The Labute approximate surface area is 91.0 Å². The summed E-state index contributed by atoms with van der Waals surface area (Å²) in [6, 6.07) is 0.196. The fourth-order valence-electron chi connectivity index (χ4n) is 1.80. The predicted molar refractivity (Wildman–Crippen MR) is 58.3 cm³/mol. The zero-order valence-corrected chi connectivity index (χ0v) is 9.75. The zero-order chi connectivity index (χ0) is 11.4. The minimum absolute atomic E-state index is 0.0216. The quantitative estimate of drug-likeness (QED) is 0.748. The Bertz CT molecular complexity index is 251. The fraction of sp³-hybridized carbons (Fsp3) is 0.818. The molecular formula is C11H20N2O2. The van der Waals surface area contributed by atoms with Gasteiger partial charge in [-0.2, -0.15) is 0 Å². The van der Waals surface area contributed by atoms with Gasteiger partial charge in [-0.15, -0.1) is 0 Å². The van der Waals surface area contributed by atoms with Gasteiger partial charge in [-0.3, -0.25) is 9.59 Å². The van der Waals surface area contributed by atoms with Crippen LogP contribution in [0.4, 0.5) is 0 Å². The third kappa shape index (κ3) is 2.94. The van der Waals surface area contributed by atoms with Crippen molar-refractivity contribution in [3.63, 3.8) is 0 Å². The minimum atomic E-state index is -0.147. The van der Waals surface area contributed by atoms with Crippen LogP contribution in [0.2, 0.25) is 0 Å². The van der Waals surface area contributed by atoms with Crippen molar-refractivity contribution < 1.29 is 9.59 Å². The molecule has 0 radical (unpaired) electrons. The van der Waals surface area contributed by atoms with Crippen LogP contribution in [-0.2, 0) is 9.59 Å². The molecule has 1 aliphatic heterocycles. The number of likely N-dealkylation sites (tertiary alicyclic amines) is 1. The first-order chi connectivity index (χ1) is 7.06. The van der Waals surface area contributed by atoms with Gasteiger partial charge in [0.05, 0.1) is 5.92 Å². The van der Waals surface area contributed by atoms with E-state index in [0.717, 1.165) is 6.42 Å². The maximum absolute atomic E-state index is 11.6. The van der Waals surface area contributed by atoms with E-state index in [2.05, 4.69) is 5.32 Å². The lowest BCUT2D eigenvalue weighted by molar-refractivity contribution is -0.129. The van der Waals surface area contributed by atoms with E-state index in [1.165, 1.54) is 0 Å². The lowest BCUT2D eigenvalue weighted by Gasteiger charge is -2.20. The van der Waals surface area contributed by atoms with Crippen LogP contribution in [0.3, 0.4) is 0 Å². The number of nitrogens with one attached hydrogen (secondary N) is 1. The van der Waals surface area contributed by atoms with E-state index in [1.54, 1.807) is 4.90 Å². The maximum Gasteiger partial charge on any atom is 0.225 e. The number of hydrogen-bond acceptors (Lipinski definition) is 2. The van der Waals surface area contributed by atoms with Crippen LogP contribution in [0.5, 0.6) is 0 Å². The van der Waals surface area contributed by atoms with Crippen LogP contribution in [0.1, 0.15) is 33.6 Å². The molecule has 1 aliphatic rings. The van der Waals surface area contributed by atoms with Gasteiger partial charge in [0.2, 0.25) is 11.8 Å². The third-order valence-electron chi connectivity index (χ3n) is 2.70. The maximum atomic E-state index is 11.6. The van der Waals surface area contributed by atoms with Crippen molar-refractivity contribution in [1.29, 1.82) is 0 Å². The van der Waals surface area contributed by atoms with E-state index in [0.29, 0.717) is 19.5 Å². The summed E-state index contributed by atoms with van der Waals surface area (Å²) in [4.78, 5) is 25.0. The monoisotopic (exact) mass is 212 g/mol. The average molecular weight is 212 g/mol. The topological polar surface area (TPSA) is 49.4 Å². The summed E-state index contributed by atoms with van der Waals surface area (Å²) < 4.78 is 0. The molecule has 0 aromatic rings. The highest BCUT2D eigenvalue weighted by Crippen LogP contribution is 2.19. The van der Waals surface area contributed by atoms with Crippen molar-refractivity contribution in [3.8, 4) is 0 Å². The van der Waals surface area contributed by atoms with Gasteiger partial charge in [-0.05, 0) is 20.3 Å². The molecule has 0 saturated carbocycles. The first kappa shape index (κ1) is 12.0. The summed E-state index contributed by atoms with van der Waals surface area (Å²) in [5, 5.41) is 2.84. The molecule has 2 amide bonds. The first-order valence-corrected chi connectivity index (χ1v) is 5.63. The number of carbonyl (C=O) groups is 2. The number of rotatable bonds is 4. The fourth-order valence-corrected chi connectivity index (χ4v) is 1.80. The highest BCUT2D eigenvalue weighted by molar-refractivity contribution is 5.89.